The first kappa shape index (κ1) is 26.9. The van der Waals surface area contributed by atoms with Gasteiger partial charge in [-0.3, -0.25) is 9.89 Å². The summed E-state index contributed by atoms with van der Waals surface area (Å²) in [5.41, 5.74) is 1.16. The number of para-hydroxylation sites is 1. The number of halogens is 1. The predicted molar refractivity (Wildman–Crippen MR) is 135 cm³/mol. The van der Waals surface area contributed by atoms with E-state index in [1.807, 2.05) is 19.2 Å². The first-order chi connectivity index (χ1) is 14.0. The van der Waals surface area contributed by atoms with Crippen molar-refractivity contribution < 1.29 is 9.47 Å². The minimum absolute atomic E-state index is 0. The van der Waals surface area contributed by atoms with E-state index in [1.54, 1.807) is 7.11 Å². The van der Waals surface area contributed by atoms with Crippen molar-refractivity contribution >= 4 is 29.9 Å². The average Bonchev–Trinajstić information content (AvgIpc) is 2.73. The maximum absolute atomic E-state index is 5.57. The number of rotatable bonds is 9. The van der Waals surface area contributed by atoms with Gasteiger partial charge in [-0.05, 0) is 26.1 Å². The summed E-state index contributed by atoms with van der Waals surface area (Å²) >= 11 is 0. The van der Waals surface area contributed by atoms with Crippen LogP contribution in [0.15, 0.2) is 29.3 Å². The van der Waals surface area contributed by atoms with E-state index in [4.69, 9.17) is 9.47 Å². The smallest absolute Gasteiger partial charge is 0.191 e. The lowest BCUT2D eigenvalue weighted by molar-refractivity contribution is 0.00752. The van der Waals surface area contributed by atoms with Crippen molar-refractivity contribution in [2.75, 3.05) is 67.6 Å². The number of hydrogen-bond donors (Lipinski definition) is 2. The summed E-state index contributed by atoms with van der Waals surface area (Å²) in [5.74, 6) is 2.29. The lowest BCUT2D eigenvalue weighted by Gasteiger charge is -2.37. The molecule has 2 rings (SSSR count). The highest BCUT2D eigenvalue weighted by atomic mass is 127. The summed E-state index contributed by atoms with van der Waals surface area (Å²) in [5, 5.41) is 7.03. The largest absolute Gasteiger partial charge is 0.496 e. The van der Waals surface area contributed by atoms with Gasteiger partial charge in [0.05, 0.1) is 26.4 Å². The maximum Gasteiger partial charge on any atom is 0.191 e. The molecule has 0 saturated carbocycles. The van der Waals surface area contributed by atoms with E-state index < -0.39 is 0 Å². The molecule has 0 radical (unpaired) electrons. The monoisotopic (exact) mass is 533 g/mol. The lowest BCUT2D eigenvalue weighted by Crippen LogP contribution is -2.53. The summed E-state index contributed by atoms with van der Waals surface area (Å²) < 4.78 is 11.1. The van der Waals surface area contributed by atoms with Gasteiger partial charge in [0.25, 0.3) is 0 Å². The second-order valence-electron chi connectivity index (χ2n) is 8.02. The first-order valence-corrected chi connectivity index (χ1v) is 10.5. The molecule has 1 aromatic rings. The van der Waals surface area contributed by atoms with Crippen LogP contribution >= 0.6 is 24.0 Å². The molecule has 1 aromatic carbocycles. The van der Waals surface area contributed by atoms with Crippen molar-refractivity contribution in [1.29, 1.82) is 0 Å². The molecule has 0 spiro atoms. The topological polar surface area (TPSA) is 61.4 Å². The van der Waals surface area contributed by atoms with Crippen molar-refractivity contribution in [1.82, 2.24) is 20.4 Å². The molecule has 0 amide bonds. The van der Waals surface area contributed by atoms with Gasteiger partial charge in [0, 0.05) is 44.8 Å². The third-order valence-electron chi connectivity index (χ3n) is 5.57. The van der Waals surface area contributed by atoms with Crippen LogP contribution in [0, 0.1) is 5.92 Å². The number of nitrogens with zero attached hydrogens (tertiary/aromatic N) is 3. The molecule has 0 bridgehead atoms. The molecule has 2 atom stereocenters. The summed E-state index contributed by atoms with van der Waals surface area (Å²) in [6, 6.07) is 8.81. The molecule has 2 unspecified atom stereocenters. The van der Waals surface area contributed by atoms with Crippen molar-refractivity contribution in [3.8, 4) is 5.75 Å². The predicted octanol–water partition coefficient (Wildman–Crippen LogP) is 2.44. The van der Waals surface area contributed by atoms with E-state index in [0.717, 1.165) is 56.7 Å². The Morgan fingerprint density at radius 3 is 2.37 bits per heavy atom. The molecule has 8 heteroatoms. The second-order valence-corrected chi connectivity index (χ2v) is 8.02. The Hall–Kier alpha value is -1.10. The Morgan fingerprint density at radius 1 is 1.17 bits per heavy atom. The van der Waals surface area contributed by atoms with E-state index in [-0.39, 0.29) is 30.0 Å². The number of benzene rings is 1. The Morgan fingerprint density at radius 2 is 1.80 bits per heavy atom. The number of aliphatic imine (C=N–C) groups is 1. The van der Waals surface area contributed by atoms with Crippen molar-refractivity contribution in [3.63, 3.8) is 0 Å². The molecule has 1 aliphatic heterocycles. The average molecular weight is 533 g/mol. The number of likely N-dealkylation sites (N-methyl/N-ethyl adjacent to an activating group) is 1. The highest BCUT2D eigenvalue weighted by Gasteiger charge is 2.24. The number of guanidine groups is 1. The van der Waals surface area contributed by atoms with Crippen molar-refractivity contribution in [3.05, 3.63) is 29.8 Å². The van der Waals surface area contributed by atoms with Crippen LogP contribution in [0.4, 0.5) is 0 Å². The third kappa shape index (κ3) is 7.86. The molecular formula is C22H40IN5O2. The standard InChI is InChI=1S/C22H39N5O2.HI/c1-17(2)19(27-11-13-29-14-12-27)15-24-22(23-3)25-16-20(26(4)5)18-9-7-8-10-21(18)28-6;/h7-10,17,19-20H,11-16H2,1-6H3,(H2,23,24,25);1H. The van der Waals surface area contributed by atoms with E-state index in [9.17, 15) is 0 Å². The zero-order valence-electron chi connectivity index (χ0n) is 19.4. The van der Waals surface area contributed by atoms with Crippen molar-refractivity contribution in [2.45, 2.75) is 25.9 Å². The van der Waals surface area contributed by atoms with Crippen LogP contribution in [0.3, 0.4) is 0 Å². The Balaban J connectivity index is 0.00000450. The van der Waals surface area contributed by atoms with Gasteiger partial charge >= 0.3 is 0 Å². The first-order valence-electron chi connectivity index (χ1n) is 10.5. The zero-order chi connectivity index (χ0) is 21.2. The van der Waals surface area contributed by atoms with Crippen LogP contribution in [-0.4, -0.2) is 89.4 Å². The number of hydrogen-bond acceptors (Lipinski definition) is 5. The zero-order valence-corrected chi connectivity index (χ0v) is 21.7. The third-order valence-corrected chi connectivity index (χ3v) is 5.57. The summed E-state index contributed by atoms with van der Waals surface area (Å²) in [6.07, 6.45) is 0. The van der Waals surface area contributed by atoms with E-state index >= 15 is 0 Å². The SMILES string of the molecule is CN=C(NCC(c1ccccc1OC)N(C)C)NCC(C(C)C)N1CCOCC1.I. The van der Waals surface area contributed by atoms with Crippen LogP contribution in [0.25, 0.3) is 0 Å². The van der Waals surface area contributed by atoms with E-state index in [0.29, 0.717) is 12.0 Å². The molecule has 172 valence electrons. The number of nitrogens with one attached hydrogen (secondary N) is 2. The quantitative estimate of drug-likeness (QED) is 0.289. The maximum atomic E-state index is 5.57. The van der Waals surface area contributed by atoms with Crippen LogP contribution in [0.1, 0.15) is 25.5 Å². The van der Waals surface area contributed by atoms with Gasteiger partial charge in [0.1, 0.15) is 5.75 Å². The molecule has 2 N–H and O–H groups in total. The number of morpholine rings is 1. The van der Waals surface area contributed by atoms with Gasteiger partial charge in [0.15, 0.2) is 5.96 Å². The highest BCUT2D eigenvalue weighted by molar-refractivity contribution is 14.0. The molecule has 1 aliphatic rings. The van der Waals surface area contributed by atoms with Gasteiger partial charge in [-0.2, -0.15) is 0 Å². The van der Waals surface area contributed by atoms with E-state index in [1.165, 1.54) is 0 Å². The molecular weight excluding hydrogens is 493 g/mol. The van der Waals surface area contributed by atoms with Gasteiger partial charge < -0.3 is 25.0 Å². The van der Waals surface area contributed by atoms with Crippen LogP contribution in [0.2, 0.25) is 0 Å². The molecule has 30 heavy (non-hydrogen) atoms. The fourth-order valence-corrected chi connectivity index (χ4v) is 3.82. The lowest BCUT2D eigenvalue weighted by atomic mass is 10.0. The summed E-state index contributed by atoms with van der Waals surface area (Å²) in [7, 11) is 7.71. The minimum Gasteiger partial charge on any atom is -0.496 e. The molecule has 1 saturated heterocycles. The highest BCUT2D eigenvalue weighted by Crippen LogP contribution is 2.27. The van der Waals surface area contributed by atoms with Crippen LogP contribution < -0.4 is 15.4 Å². The van der Waals surface area contributed by atoms with Gasteiger partial charge in [-0.15, -0.1) is 24.0 Å². The summed E-state index contributed by atoms with van der Waals surface area (Å²) in [6.45, 7) is 9.78. The Labute approximate surface area is 199 Å². The van der Waals surface area contributed by atoms with Gasteiger partial charge in [0.2, 0.25) is 0 Å². The van der Waals surface area contributed by atoms with Crippen molar-refractivity contribution in [2.24, 2.45) is 10.9 Å². The fraction of sp³-hybridized carbons (Fsp3) is 0.682. The van der Waals surface area contributed by atoms with Crippen LogP contribution in [-0.2, 0) is 4.74 Å². The molecule has 7 nitrogen and oxygen atoms in total. The molecule has 0 aromatic heterocycles. The molecule has 1 fully saturated rings. The van der Waals surface area contributed by atoms with Gasteiger partial charge in [-0.1, -0.05) is 32.0 Å². The molecule has 0 aliphatic carbocycles. The van der Waals surface area contributed by atoms with Crippen LogP contribution in [0.5, 0.6) is 5.75 Å². The fourth-order valence-electron chi connectivity index (χ4n) is 3.82. The number of ether oxygens (including phenoxy) is 2. The summed E-state index contributed by atoms with van der Waals surface area (Å²) in [4.78, 5) is 9.15. The normalized spacial score (nSPS) is 17.4. The Kier molecular flexibility index (Phi) is 12.6. The number of methoxy groups -OCH3 is 1. The second kappa shape index (κ2) is 14.1. The van der Waals surface area contributed by atoms with Gasteiger partial charge in [-0.25, -0.2) is 0 Å². The molecule has 1 heterocycles. The Bertz CT molecular complexity index is 636. The van der Waals surface area contributed by atoms with E-state index in [2.05, 4.69) is 65.5 Å². The minimum atomic E-state index is 0.